The Morgan fingerprint density at radius 3 is 1.30 bits per heavy atom. The first kappa shape index (κ1) is 24.2. The first-order chi connectivity index (χ1) is 14.5. The van der Waals surface area contributed by atoms with Crippen molar-refractivity contribution in [3.8, 4) is 11.5 Å². The fourth-order valence-corrected chi connectivity index (χ4v) is 2.81. The molecule has 0 aromatic heterocycles. The van der Waals surface area contributed by atoms with Crippen LogP contribution in [0.25, 0.3) is 0 Å². The van der Waals surface area contributed by atoms with Crippen molar-refractivity contribution in [3.05, 3.63) is 59.7 Å². The quantitative estimate of drug-likeness (QED) is 0.496. The third-order valence-corrected chi connectivity index (χ3v) is 4.83. The molecular weight excluding hydrogens is 376 g/mol. The van der Waals surface area contributed by atoms with Gasteiger partial charge < -0.3 is 18.9 Å². The van der Waals surface area contributed by atoms with Gasteiger partial charge in [0.15, 0.2) is 0 Å². The van der Waals surface area contributed by atoms with Gasteiger partial charge in [-0.05, 0) is 35.4 Å². The first-order valence-corrected chi connectivity index (χ1v) is 11.2. The second-order valence-corrected chi connectivity index (χ2v) is 7.91. The van der Waals surface area contributed by atoms with Crippen LogP contribution in [0.3, 0.4) is 0 Å². The highest BCUT2D eigenvalue weighted by atomic mass is 16.6. The van der Waals surface area contributed by atoms with Crippen molar-refractivity contribution < 1.29 is 18.9 Å². The molecule has 2 aromatic carbocycles. The lowest BCUT2D eigenvalue weighted by atomic mass is 9.78. The third-order valence-electron chi connectivity index (χ3n) is 4.83. The number of hydrogen-bond donors (Lipinski definition) is 0. The summed E-state index contributed by atoms with van der Waals surface area (Å²) in [6.07, 6.45) is 1.81. The van der Waals surface area contributed by atoms with E-state index in [0.29, 0.717) is 13.2 Å². The standard InChI is InChI=1S/C21H24O4.C3H8.C2H6/c1-21(2,15-3-7-17(8-4-15)22-11-19-13-24-19)16-5-9-18(10-6-16)23-12-20-14-25-20;1-3-2;1-2/h3-10,19-20H,11-14H2,1-2H3;3H2,1-2H3;1-2H3. The molecule has 4 rings (SSSR count). The Kier molecular flexibility index (Phi) is 9.67. The van der Waals surface area contributed by atoms with Crippen molar-refractivity contribution in [1.29, 1.82) is 0 Å². The predicted molar refractivity (Wildman–Crippen MR) is 123 cm³/mol. The highest BCUT2D eigenvalue weighted by Gasteiger charge is 2.25. The van der Waals surface area contributed by atoms with E-state index in [2.05, 4.69) is 52.0 Å². The number of epoxide rings is 2. The summed E-state index contributed by atoms with van der Waals surface area (Å²) in [5.74, 6) is 1.78. The summed E-state index contributed by atoms with van der Waals surface area (Å²) < 4.78 is 21.8. The molecule has 166 valence electrons. The van der Waals surface area contributed by atoms with Crippen LogP contribution in [-0.2, 0) is 14.9 Å². The van der Waals surface area contributed by atoms with Crippen LogP contribution in [0.2, 0.25) is 0 Å². The lowest BCUT2D eigenvalue weighted by molar-refractivity contribution is 0.263. The van der Waals surface area contributed by atoms with Crippen LogP contribution in [0.4, 0.5) is 0 Å². The monoisotopic (exact) mass is 414 g/mol. The normalized spacial score (nSPS) is 18.9. The van der Waals surface area contributed by atoms with Gasteiger partial charge in [0.05, 0.1) is 13.2 Å². The summed E-state index contributed by atoms with van der Waals surface area (Å²) in [7, 11) is 0. The molecular formula is C26H38O4. The Hall–Kier alpha value is -2.04. The Morgan fingerprint density at radius 1 is 0.733 bits per heavy atom. The Morgan fingerprint density at radius 2 is 1.03 bits per heavy atom. The Balaban J connectivity index is 0.000000590. The van der Waals surface area contributed by atoms with E-state index in [1.165, 1.54) is 17.5 Å². The fourth-order valence-electron chi connectivity index (χ4n) is 2.81. The molecule has 2 aliphatic rings. The van der Waals surface area contributed by atoms with Crippen LogP contribution >= 0.6 is 0 Å². The zero-order chi connectivity index (χ0) is 22.0. The lowest BCUT2D eigenvalue weighted by Gasteiger charge is -2.26. The zero-order valence-electron chi connectivity index (χ0n) is 19.4. The van der Waals surface area contributed by atoms with E-state index in [1.54, 1.807) is 0 Å². The van der Waals surface area contributed by atoms with Crippen LogP contribution in [0.5, 0.6) is 11.5 Å². The van der Waals surface area contributed by atoms with Gasteiger partial charge in [0.1, 0.15) is 36.9 Å². The van der Waals surface area contributed by atoms with Crippen molar-refractivity contribution in [1.82, 2.24) is 0 Å². The molecule has 2 atom stereocenters. The largest absolute Gasteiger partial charge is 0.491 e. The van der Waals surface area contributed by atoms with Crippen molar-refractivity contribution >= 4 is 0 Å². The number of hydrogen-bond acceptors (Lipinski definition) is 4. The average Bonchev–Trinajstić information content (AvgIpc) is 3.69. The minimum atomic E-state index is -0.0870. The molecule has 0 radical (unpaired) electrons. The molecule has 0 amide bonds. The molecule has 0 spiro atoms. The van der Waals surface area contributed by atoms with Gasteiger partial charge in [-0.1, -0.05) is 72.2 Å². The van der Waals surface area contributed by atoms with E-state index >= 15 is 0 Å². The smallest absolute Gasteiger partial charge is 0.119 e. The van der Waals surface area contributed by atoms with Crippen LogP contribution < -0.4 is 9.47 Å². The predicted octanol–water partition coefficient (Wildman–Crippen LogP) is 6.01. The van der Waals surface area contributed by atoms with Gasteiger partial charge in [0.2, 0.25) is 0 Å². The summed E-state index contributed by atoms with van der Waals surface area (Å²) >= 11 is 0. The molecule has 4 heteroatoms. The fraction of sp³-hybridized carbons (Fsp3) is 0.538. The van der Waals surface area contributed by atoms with Gasteiger partial charge in [-0.25, -0.2) is 0 Å². The molecule has 2 aromatic rings. The van der Waals surface area contributed by atoms with Gasteiger partial charge in [-0.2, -0.15) is 0 Å². The SMILES string of the molecule is CC.CC(C)(c1ccc(OCC2CO2)cc1)c1ccc(OCC2CO2)cc1.CCC. The first-order valence-electron chi connectivity index (χ1n) is 11.2. The van der Waals surface area contributed by atoms with Gasteiger partial charge in [0, 0.05) is 5.41 Å². The summed E-state index contributed by atoms with van der Waals surface area (Å²) in [4.78, 5) is 0. The highest BCUT2D eigenvalue weighted by molar-refractivity contribution is 5.41. The van der Waals surface area contributed by atoms with E-state index in [1.807, 2.05) is 38.1 Å². The van der Waals surface area contributed by atoms with Crippen LogP contribution in [-0.4, -0.2) is 38.6 Å². The second-order valence-electron chi connectivity index (χ2n) is 7.91. The molecule has 0 aliphatic carbocycles. The third kappa shape index (κ3) is 7.66. The van der Waals surface area contributed by atoms with E-state index < -0.39 is 0 Å². The van der Waals surface area contributed by atoms with E-state index in [0.717, 1.165) is 24.7 Å². The van der Waals surface area contributed by atoms with Crippen molar-refractivity contribution in [2.45, 2.75) is 65.6 Å². The van der Waals surface area contributed by atoms with Crippen molar-refractivity contribution in [2.75, 3.05) is 26.4 Å². The van der Waals surface area contributed by atoms with E-state index in [4.69, 9.17) is 18.9 Å². The molecule has 4 nitrogen and oxygen atoms in total. The second kappa shape index (κ2) is 12.0. The zero-order valence-corrected chi connectivity index (χ0v) is 19.4. The molecule has 0 saturated carbocycles. The number of benzene rings is 2. The molecule has 30 heavy (non-hydrogen) atoms. The van der Waals surface area contributed by atoms with Crippen molar-refractivity contribution in [3.63, 3.8) is 0 Å². The molecule has 2 saturated heterocycles. The molecule has 0 N–H and O–H groups in total. The molecule has 0 bridgehead atoms. The van der Waals surface area contributed by atoms with Crippen molar-refractivity contribution in [2.24, 2.45) is 0 Å². The van der Waals surface area contributed by atoms with Crippen LogP contribution in [0.15, 0.2) is 48.5 Å². The summed E-state index contributed by atoms with van der Waals surface area (Å²) in [5, 5.41) is 0. The van der Waals surface area contributed by atoms with Gasteiger partial charge in [-0.15, -0.1) is 0 Å². The van der Waals surface area contributed by atoms with Gasteiger partial charge in [-0.3, -0.25) is 0 Å². The maximum Gasteiger partial charge on any atom is 0.119 e. The minimum Gasteiger partial charge on any atom is -0.491 e. The maximum absolute atomic E-state index is 5.72. The Labute approximate surface area is 182 Å². The van der Waals surface area contributed by atoms with Gasteiger partial charge in [0.25, 0.3) is 0 Å². The topological polar surface area (TPSA) is 43.5 Å². The number of rotatable bonds is 8. The van der Waals surface area contributed by atoms with E-state index in [-0.39, 0.29) is 17.6 Å². The molecule has 2 fully saturated rings. The lowest BCUT2D eigenvalue weighted by Crippen LogP contribution is -2.18. The average molecular weight is 415 g/mol. The molecule has 2 aliphatic heterocycles. The summed E-state index contributed by atoms with van der Waals surface area (Å²) in [6.45, 7) is 15.6. The minimum absolute atomic E-state index is 0.0870. The Bertz CT molecular complexity index is 652. The van der Waals surface area contributed by atoms with Crippen LogP contribution in [0.1, 0.15) is 59.1 Å². The number of ether oxygens (including phenoxy) is 4. The van der Waals surface area contributed by atoms with E-state index in [9.17, 15) is 0 Å². The van der Waals surface area contributed by atoms with Crippen LogP contribution in [0, 0.1) is 0 Å². The summed E-state index contributed by atoms with van der Waals surface area (Å²) in [5.41, 5.74) is 2.42. The maximum atomic E-state index is 5.72. The molecule has 2 heterocycles. The highest BCUT2D eigenvalue weighted by Crippen LogP contribution is 2.33. The van der Waals surface area contributed by atoms with Gasteiger partial charge >= 0.3 is 0 Å². The molecule has 2 unspecified atom stereocenters. The summed E-state index contributed by atoms with van der Waals surface area (Å²) in [6, 6.07) is 16.7.